The van der Waals surface area contributed by atoms with Gasteiger partial charge in [-0.05, 0) is 11.8 Å². The zero-order valence-electron chi connectivity index (χ0n) is 9.39. The predicted molar refractivity (Wildman–Crippen MR) is 53.1 cm³/mol. The molecule has 0 aliphatic rings. The van der Waals surface area contributed by atoms with E-state index in [1.165, 1.54) is 12.2 Å². The van der Waals surface area contributed by atoms with E-state index in [1.54, 1.807) is 7.05 Å². The SMILES string of the molecule is CCCC(C)(C)CC(=O)N(C)OC. The Morgan fingerprint density at radius 3 is 2.38 bits per heavy atom. The van der Waals surface area contributed by atoms with Crippen LogP contribution in [0, 0.1) is 5.41 Å². The molecule has 3 nitrogen and oxygen atoms in total. The standard InChI is InChI=1S/C10H21NO2/c1-6-7-10(2,3)8-9(12)11(4)13-5/h6-8H2,1-5H3. The van der Waals surface area contributed by atoms with Crippen LogP contribution in [0.25, 0.3) is 0 Å². The van der Waals surface area contributed by atoms with Crippen molar-refractivity contribution >= 4 is 5.91 Å². The molecule has 0 saturated carbocycles. The Morgan fingerprint density at radius 2 is 2.00 bits per heavy atom. The average molecular weight is 187 g/mol. The zero-order chi connectivity index (χ0) is 10.5. The van der Waals surface area contributed by atoms with E-state index in [4.69, 9.17) is 4.84 Å². The summed E-state index contributed by atoms with van der Waals surface area (Å²) in [6.07, 6.45) is 2.72. The van der Waals surface area contributed by atoms with Gasteiger partial charge in [0.05, 0.1) is 7.11 Å². The van der Waals surface area contributed by atoms with Crippen molar-refractivity contribution in [2.75, 3.05) is 14.2 Å². The van der Waals surface area contributed by atoms with E-state index in [-0.39, 0.29) is 11.3 Å². The minimum atomic E-state index is 0.0425. The predicted octanol–water partition coefficient (Wildman–Crippen LogP) is 2.22. The lowest BCUT2D eigenvalue weighted by molar-refractivity contribution is -0.170. The Balaban J connectivity index is 4.03. The number of rotatable bonds is 5. The maximum Gasteiger partial charge on any atom is 0.246 e. The molecule has 0 fully saturated rings. The van der Waals surface area contributed by atoms with Crippen LogP contribution in [-0.4, -0.2) is 25.1 Å². The topological polar surface area (TPSA) is 29.5 Å². The zero-order valence-corrected chi connectivity index (χ0v) is 9.39. The van der Waals surface area contributed by atoms with Gasteiger partial charge >= 0.3 is 0 Å². The van der Waals surface area contributed by atoms with E-state index < -0.39 is 0 Å². The second kappa shape index (κ2) is 5.22. The van der Waals surface area contributed by atoms with E-state index in [0.717, 1.165) is 12.8 Å². The maximum atomic E-state index is 11.5. The van der Waals surface area contributed by atoms with Gasteiger partial charge in [-0.1, -0.05) is 27.2 Å². The Morgan fingerprint density at radius 1 is 1.46 bits per heavy atom. The molecule has 3 heteroatoms. The highest BCUT2D eigenvalue weighted by Crippen LogP contribution is 2.27. The van der Waals surface area contributed by atoms with Crippen molar-refractivity contribution in [1.82, 2.24) is 5.06 Å². The Kier molecular flexibility index (Phi) is 4.99. The van der Waals surface area contributed by atoms with Crippen LogP contribution < -0.4 is 0 Å². The number of hydrogen-bond donors (Lipinski definition) is 0. The summed E-state index contributed by atoms with van der Waals surface area (Å²) in [5, 5.41) is 1.29. The first kappa shape index (κ1) is 12.4. The molecule has 78 valence electrons. The summed E-state index contributed by atoms with van der Waals surface area (Å²) >= 11 is 0. The van der Waals surface area contributed by atoms with Gasteiger partial charge in [-0.25, -0.2) is 5.06 Å². The molecule has 0 aliphatic carbocycles. The van der Waals surface area contributed by atoms with Crippen LogP contribution in [0.2, 0.25) is 0 Å². The summed E-state index contributed by atoms with van der Waals surface area (Å²) in [5.74, 6) is 0.0425. The molecule has 1 amide bonds. The molecule has 0 N–H and O–H groups in total. The summed E-state index contributed by atoms with van der Waals surface area (Å²) < 4.78 is 0. The van der Waals surface area contributed by atoms with E-state index in [0.29, 0.717) is 6.42 Å². The van der Waals surface area contributed by atoms with Crippen molar-refractivity contribution in [2.45, 2.75) is 40.0 Å². The number of nitrogens with zero attached hydrogens (tertiary/aromatic N) is 1. The van der Waals surface area contributed by atoms with Gasteiger partial charge in [0.25, 0.3) is 0 Å². The second-order valence-corrected chi connectivity index (χ2v) is 4.16. The molecule has 0 atom stereocenters. The largest absolute Gasteiger partial charge is 0.275 e. The van der Waals surface area contributed by atoms with Crippen LogP contribution in [0.3, 0.4) is 0 Å². The highest BCUT2D eigenvalue weighted by Gasteiger charge is 2.22. The molecule has 0 radical (unpaired) electrons. The van der Waals surface area contributed by atoms with Crippen molar-refractivity contribution in [2.24, 2.45) is 5.41 Å². The fraction of sp³-hybridized carbons (Fsp3) is 0.900. The minimum absolute atomic E-state index is 0.0425. The van der Waals surface area contributed by atoms with Crippen LogP contribution in [0.1, 0.15) is 40.0 Å². The monoisotopic (exact) mass is 187 g/mol. The van der Waals surface area contributed by atoms with Crippen molar-refractivity contribution in [3.8, 4) is 0 Å². The molecule has 0 heterocycles. The van der Waals surface area contributed by atoms with E-state index >= 15 is 0 Å². The van der Waals surface area contributed by atoms with Crippen molar-refractivity contribution in [3.05, 3.63) is 0 Å². The van der Waals surface area contributed by atoms with E-state index in [2.05, 4.69) is 20.8 Å². The molecule has 0 bridgehead atoms. The fourth-order valence-electron chi connectivity index (χ4n) is 1.39. The molecule has 0 aliphatic heterocycles. The summed E-state index contributed by atoms with van der Waals surface area (Å²) in [7, 11) is 3.15. The Labute approximate surface area is 81.0 Å². The second-order valence-electron chi connectivity index (χ2n) is 4.16. The molecular formula is C10H21NO2. The lowest BCUT2D eigenvalue weighted by atomic mass is 9.84. The van der Waals surface area contributed by atoms with Gasteiger partial charge < -0.3 is 0 Å². The van der Waals surface area contributed by atoms with Crippen molar-refractivity contribution in [3.63, 3.8) is 0 Å². The molecule has 13 heavy (non-hydrogen) atoms. The van der Waals surface area contributed by atoms with Crippen LogP contribution in [0.15, 0.2) is 0 Å². The highest BCUT2D eigenvalue weighted by molar-refractivity contribution is 5.75. The van der Waals surface area contributed by atoms with Gasteiger partial charge in [-0.15, -0.1) is 0 Å². The average Bonchev–Trinajstić information content (AvgIpc) is 2.01. The Hall–Kier alpha value is -0.570. The molecule has 0 rings (SSSR count). The van der Waals surface area contributed by atoms with Crippen LogP contribution in [-0.2, 0) is 9.63 Å². The van der Waals surface area contributed by atoms with Gasteiger partial charge in [-0.3, -0.25) is 9.63 Å². The molecular weight excluding hydrogens is 166 g/mol. The number of carbonyl (C=O) groups excluding carboxylic acids is 1. The summed E-state index contributed by atoms with van der Waals surface area (Å²) in [6, 6.07) is 0. The lowest BCUT2D eigenvalue weighted by Crippen LogP contribution is -2.30. The minimum Gasteiger partial charge on any atom is -0.275 e. The molecule has 0 saturated heterocycles. The molecule has 0 aromatic carbocycles. The first-order valence-corrected chi connectivity index (χ1v) is 4.73. The summed E-state index contributed by atoms with van der Waals surface area (Å²) in [4.78, 5) is 16.3. The van der Waals surface area contributed by atoms with Crippen molar-refractivity contribution < 1.29 is 9.63 Å². The third-order valence-electron chi connectivity index (χ3n) is 2.18. The first-order chi connectivity index (χ1) is 5.93. The van der Waals surface area contributed by atoms with Crippen LogP contribution >= 0.6 is 0 Å². The van der Waals surface area contributed by atoms with Gasteiger partial charge in [0.1, 0.15) is 0 Å². The van der Waals surface area contributed by atoms with Crippen molar-refractivity contribution in [1.29, 1.82) is 0 Å². The van der Waals surface area contributed by atoms with Gasteiger partial charge in [0.15, 0.2) is 0 Å². The van der Waals surface area contributed by atoms with Gasteiger partial charge in [0, 0.05) is 13.5 Å². The quantitative estimate of drug-likeness (QED) is 0.618. The molecule has 0 unspecified atom stereocenters. The smallest absolute Gasteiger partial charge is 0.246 e. The fourth-order valence-corrected chi connectivity index (χ4v) is 1.39. The maximum absolute atomic E-state index is 11.5. The number of hydroxylamine groups is 2. The Bertz CT molecular complexity index is 166. The molecule has 0 spiro atoms. The van der Waals surface area contributed by atoms with Crippen LogP contribution in [0.4, 0.5) is 0 Å². The van der Waals surface area contributed by atoms with Gasteiger partial charge in [-0.2, -0.15) is 0 Å². The molecule has 0 aromatic rings. The van der Waals surface area contributed by atoms with Crippen LogP contribution in [0.5, 0.6) is 0 Å². The molecule has 0 aromatic heterocycles. The first-order valence-electron chi connectivity index (χ1n) is 4.73. The van der Waals surface area contributed by atoms with Gasteiger partial charge in [0.2, 0.25) is 5.91 Å². The number of hydrogen-bond acceptors (Lipinski definition) is 2. The lowest BCUT2D eigenvalue weighted by Gasteiger charge is -2.25. The third-order valence-corrected chi connectivity index (χ3v) is 2.18. The highest BCUT2D eigenvalue weighted by atomic mass is 16.7. The summed E-state index contributed by atoms with van der Waals surface area (Å²) in [5.41, 5.74) is 0.0820. The normalized spacial score (nSPS) is 11.5. The summed E-state index contributed by atoms with van der Waals surface area (Å²) in [6.45, 7) is 6.35. The number of carbonyl (C=O) groups is 1. The third kappa shape index (κ3) is 4.88. The van der Waals surface area contributed by atoms with E-state index in [9.17, 15) is 4.79 Å². The van der Waals surface area contributed by atoms with E-state index in [1.807, 2.05) is 0 Å². The number of amides is 1.